The molecule has 34 nitrogen and oxygen atoms in total. The smallest absolute Gasteiger partial charge is 0.326 e. The number of carbonyl (C=O) groups is 12. The molecular weight excluding hydrogens is 1320 g/mol. The number of aromatic hydroxyl groups is 1. The zero-order valence-electron chi connectivity index (χ0n) is 56.4. The van der Waals surface area contributed by atoms with Gasteiger partial charge in [0.2, 0.25) is 65.0 Å². The Balaban J connectivity index is 1.96. The highest BCUT2D eigenvalue weighted by Gasteiger charge is 2.36. The Hall–Kier alpha value is -9.42. The number of hydrogen-bond donors (Lipinski definition) is 22. The molecule has 548 valence electrons. The van der Waals surface area contributed by atoms with Crippen molar-refractivity contribution < 1.29 is 67.7 Å². The average Bonchev–Trinajstić information content (AvgIpc) is 1.75. The van der Waals surface area contributed by atoms with Crippen LogP contribution in [0.3, 0.4) is 0 Å². The van der Waals surface area contributed by atoms with E-state index in [0.717, 1.165) is 0 Å². The van der Waals surface area contributed by atoms with Crippen molar-refractivity contribution >= 4 is 119 Å². The van der Waals surface area contributed by atoms with Crippen LogP contribution in [0, 0.1) is 11.8 Å². The monoisotopic (exact) mass is 1420 g/mol. The number of carboxylic acids is 1. The predicted octanol–water partition coefficient (Wildman–Crippen LogP) is -4.13. The lowest BCUT2D eigenvalue weighted by atomic mass is 10.0. The maximum absolute atomic E-state index is 15.0. The van der Waals surface area contributed by atoms with E-state index in [1.54, 1.807) is 44.3 Å². The first-order chi connectivity index (χ1) is 46.8. The van der Waals surface area contributed by atoms with Gasteiger partial charge < -0.3 is 108 Å². The summed E-state index contributed by atoms with van der Waals surface area (Å²) in [5.74, 6) is -12.1. The minimum Gasteiger partial charge on any atom is -0.508 e. The van der Waals surface area contributed by atoms with Gasteiger partial charge in [-0.2, -0.15) is 25.3 Å². The number of nitrogens with zero attached hydrogens (tertiary/aromatic N) is 2. The van der Waals surface area contributed by atoms with Crippen LogP contribution in [-0.2, 0) is 70.4 Å². The number of aromatic amines is 1. The summed E-state index contributed by atoms with van der Waals surface area (Å²) in [6.07, 6.45) is 2.34. The summed E-state index contributed by atoms with van der Waals surface area (Å²) in [4.78, 5) is 176. The van der Waals surface area contributed by atoms with E-state index in [1.807, 2.05) is 13.8 Å². The summed E-state index contributed by atoms with van der Waals surface area (Å²) in [6, 6.07) is -0.612. The number of unbranched alkanes of at least 4 members (excludes halogenated alkanes) is 1. The third-order valence-electron chi connectivity index (χ3n) is 15.1. The van der Waals surface area contributed by atoms with Crippen LogP contribution in [-0.4, -0.2) is 203 Å². The number of aromatic nitrogens is 1. The largest absolute Gasteiger partial charge is 0.508 e. The van der Waals surface area contributed by atoms with Crippen LogP contribution in [0.15, 0.2) is 64.7 Å². The van der Waals surface area contributed by atoms with Crippen molar-refractivity contribution in [1.29, 1.82) is 0 Å². The number of fused-ring (bicyclic) bond motifs is 1. The zero-order chi connectivity index (χ0) is 73.9. The number of guanidine groups is 2. The van der Waals surface area contributed by atoms with Crippen molar-refractivity contribution in [3.8, 4) is 5.75 Å². The Bertz CT molecular complexity index is 3250. The Morgan fingerprint density at radius 3 is 1.38 bits per heavy atom. The normalized spacial score (nSPS) is 14.1. The summed E-state index contributed by atoms with van der Waals surface area (Å²) < 4.78 is 0. The number of carbonyl (C=O) groups excluding carboxylic acids is 11. The van der Waals surface area contributed by atoms with Gasteiger partial charge in [0.1, 0.15) is 60.1 Å². The molecule has 1 heterocycles. The number of nitrogens with two attached hydrogens (primary N) is 6. The lowest BCUT2D eigenvalue weighted by Gasteiger charge is -2.28. The van der Waals surface area contributed by atoms with E-state index < -0.39 is 144 Å². The molecular formula is C63H100N20O14S2. The van der Waals surface area contributed by atoms with Crippen LogP contribution < -0.4 is 92.9 Å². The Morgan fingerprint density at radius 2 is 0.909 bits per heavy atom. The summed E-state index contributed by atoms with van der Waals surface area (Å²) in [5, 5.41) is 48.4. The van der Waals surface area contributed by atoms with Gasteiger partial charge >= 0.3 is 5.97 Å². The Kier molecular flexibility index (Phi) is 37.1. The minimum atomic E-state index is -1.51. The number of aliphatic carboxylic acids is 1. The van der Waals surface area contributed by atoms with E-state index in [1.165, 1.54) is 31.2 Å². The highest BCUT2D eigenvalue weighted by atomic mass is 32.1. The van der Waals surface area contributed by atoms with Gasteiger partial charge in [0.25, 0.3) is 0 Å². The zero-order valence-corrected chi connectivity index (χ0v) is 58.2. The number of para-hydroxylation sites is 1. The number of aliphatic imine (C=N–C) groups is 2. The van der Waals surface area contributed by atoms with Gasteiger partial charge in [-0.05, 0) is 112 Å². The van der Waals surface area contributed by atoms with Gasteiger partial charge in [0, 0.05) is 54.5 Å². The maximum Gasteiger partial charge on any atom is 0.326 e. The highest BCUT2D eigenvalue weighted by molar-refractivity contribution is 7.80. The number of phenolic OH excluding ortho intramolecular Hbond substituents is 1. The predicted molar refractivity (Wildman–Crippen MR) is 378 cm³/mol. The molecule has 0 aliphatic heterocycles. The van der Waals surface area contributed by atoms with E-state index in [0.29, 0.717) is 41.4 Å². The standard InChI is InChI=1S/C63H100N20O14S2/c1-33(2)24-44(78-52(87)35(5)65)57(92)83-48(31-98)59(94)77-41(15-10-22-70-62(66)67)54(89)81-47(27-37-28-72-40-13-7-6-12-39(37)40)58(93)76-42(16-11-23-71-63(68)69)55(90)82-49(32-99)60(95)79-45(25-34(3)4)56(91)80-46(26-36-17-19-38(84)20-18-36)53(88)74-29-50(85)73-30-51(86)75-43(61(96)97)14-8-9-21-64/h6-7,12-13,17-20,28,33-35,41-49,72,84,98-99H,8-11,14-16,21-27,29-32,64-65H2,1-5H3,(H,73,85)(H,74,88)(H,75,86)(H,76,93)(H,77,94)(H,78,87)(H,79,95)(H,80,91)(H,81,89)(H,82,90)(H,83,92)(H,96,97)(H4,66,67,70)(H4,68,69,71)/t35-,41-,42-,43-,44-,45-,46-,47-,48-,49-/m0/s1. The van der Waals surface area contributed by atoms with E-state index >= 15 is 0 Å². The molecule has 26 N–H and O–H groups in total. The van der Waals surface area contributed by atoms with Gasteiger partial charge in [-0.25, -0.2) is 4.79 Å². The number of carboxylic acid groups (broad SMARTS) is 1. The van der Waals surface area contributed by atoms with Crippen molar-refractivity contribution in [2.75, 3.05) is 44.2 Å². The first kappa shape index (κ1) is 83.8. The molecule has 10 atom stereocenters. The molecule has 0 radical (unpaired) electrons. The third-order valence-corrected chi connectivity index (χ3v) is 15.8. The molecule has 99 heavy (non-hydrogen) atoms. The second-order valence-corrected chi connectivity index (χ2v) is 25.2. The number of rotatable bonds is 45. The molecule has 3 aromatic rings. The quantitative estimate of drug-likeness (QED) is 0.0111. The van der Waals surface area contributed by atoms with Crippen LogP contribution in [0.2, 0.25) is 0 Å². The minimum absolute atomic E-state index is 0.00643. The Morgan fingerprint density at radius 1 is 0.485 bits per heavy atom. The van der Waals surface area contributed by atoms with Gasteiger partial charge in [0.15, 0.2) is 11.9 Å². The van der Waals surface area contributed by atoms with E-state index in [4.69, 9.17) is 34.4 Å². The number of H-pyrrole nitrogens is 1. The lowest BCUT2D eigenvalue weighted by Crippen LogP contribution is -2.61. The Labute approximate surface area is 585 Å². The second-order valence-electron chi connectivity index (χ2n) is 24.5. The summed E-state index contributed by atoms with van der Waals surface area (Å²) >= 11 is 8.68. The van der Waals surface area contributed by atoms with Crippen LogP contribution in [0.4, 0.5) is 0 Å². The first-order valence-electron chi connectivity index (χ1n) is 32.5. The van der Waals surface area contributed by atoms with Crippen molar-refractivity contribution in [3.05, 3.63) is 65.9 Å². The fraction of sp³-hybridized carbons (Fsp3) is 0.556. The van der Waals surface area contributed by atoms with E-state index in [-0.39, 0.29) is 112 Å². The maximum atomic E-state index is 15.0. The van der Waals surface area contributed by atoms with Crippen LogP contribution in [0.25, 0.3) is 10.9 Å². The molecule has 0 spiro atoms. The number of nitrogens with one attached hydrogen (secondary N) is 12. The van der Waals surface area contributed by atoms with E-state index in [9.17, 15) is 67.7 Å². The molecule has 0 saturated heterocycles. The van der Waals surface area contributed by atoms with Crippen molar-refractivity contribution in [1.82, 2.24) is 63.5 Å². The van der Waals surface area contributed by atoms with Crippen LogP contribution in [0.1, 0.15) is 104 Å². The average molecular weight is 1430 g/mol. The summed E-state index contributed by atoms with van der Waals surface area (Å²) in [5.41, 5.74) is 35.3. The molecule has 0 aliphatic carbocycles. The molecule has 0 saturated carbocycles. The van der Waals surface area contributed by atoms with Gasteiger partial charge in [-0.3, -0.25) is 62.7 Å². The number of amides is 11. The molecule has 2 aromatic carbocycles. The van der Waals surface area contributed by atoms with Crippen LogP contribution >= 0.6 is 25.3 Å². The number of benzene rings is 2. The van der Waals surface area contributed by atoms with Gasteiger partial charge in [0.05, 0.1) is 19.1 Å². The molecule has 3 rings (SSSR count). The van der Waals surface area contributed by atoms with Gasteiger partial charge in [-0.15, -0.1) is 0 Å². The summed E-state index contributed by atoms with van der Waals surface area (Å²) in [7, 11) is 0. The lowest BCUT2D eigenvalue weighted by molar-refractivity contribution is -0.142. The van der Waals surface area contributed by atoms with Crippen molar-refractivity contribution in [2.45, 2.75) is 166 Å². The SMILES string of the molecule is CC(C)C[C@H](NC(=O)[C@H](C)N)C(=O)N[C@@H](CS)C(=O)N[C@@H](CCCN=C(N)N)C(=O)N[C@@H](Cc1c[nH]c2ccccc12)C(=O)N[C@@H](CCCN=C(N)N)C(=O)N[C@@H](CS)C(=O)N[C@@H](CC(C)C)C(=O)N[C@@H](Cc1ccc(O)cc1)C(=O)NCC(=O)NCC(=O)N[C@@H](CCCCN)C(=O)O. The molecule has 11 amide bonds. The van der Waals surface area contributed by atoms with Gasteiger partial charge in [-0.1, -0.05) is 58.0 Å². The van der Waals surface area contributed by atoms with E-state index in [2.05, 4.69) is 98.7 Å². The molecule has 36 heteroatoms. The number of hydrogen-bond acceptors (Lipinski definition) is 19. The van der Waals surface area contributed by atoms with Crippen LogP contribution in [0.5, 0.6) is 5.75 Å². The summed E-state index contributed by atoms with van der Waals surface area (Å²) in [6.45, 7) is 7.59. The molecule has 0 aliphatic rings. The third kappa shape index (κ3) is 31.3. The molecule has 0 unspecified atom stereocenters. The molecule has 1 aromatic heterocycles. The second kappa shape index (κ2) is 43.8. The molecule has 0 bridgehead atoms. The molecule has 0 fully saturated rings. The fourth-order valence-electron chi connectivity index (χ4n) is 9.88. The fourth-order valence-corrected chi connectivity index (χ4v) is 10.4. The topological polar surface area (TPSA) is 574 Å². The van der Waals surface area contributed by atoms with Crippen molar-refractivity contribution in [2.24, 2.45) is 56.2 Å². The number of thiol groups is 2. The number of phenols is 1. The first-order valence-corrected chi connectivity index (χ1v) is 33.7. The van der Waals surface area contributed by atoms with Crippen molar-refractivity contribution in [3.63, 3.8) is 0 Å². The highest BCUT2D eigenvalue weighted by Crippen LogP contribution is 2.20.